The first-order chi connectivity index (χ1) is 9.90. The van der Waals surface area contributed by atoms with Crippen molar-refractivity contribution in [2.24, 2.45) is 0 Å². The Balaban J connectivity index is 2.38. The van der Waals surface area contributed by atoms with Crippen LogP contribution in [0.15, 0.2) is 18.2 Å². The van der Waals surface area contributed by atoms with Gasteiger partial charge < -0.3 is 10.1 Å². The molecule has 0 aromatic heterocycles. The predicted molar refractivity (Wildman–Crippen MR) is 76.6 cm³/mol. The van der Waals surface area contributed by atoms with Crippen LogP contribution in [0.5, 0.6) is 0 Å². The molecule has 1 rings (SSSR count). The third-order valence-corrected chi connectivity index (χ3v) is 2.65. The molecular formula is C14H19FN2O4. The van der Waals surface area contributed by atoms with Crippen LogP contribution in [-0.4, -0.2) is 23.5 Å². The minimum absolute atomic E-state index is 0.134. The van der Waals surface area contributed by atoms with Gasteiger partial charge in [0.05, 0.1) is 11.0 Å². The molecule has 1 aromatic rings. The minimum atomic E-state index is -0.568. The Bertz CT molecular complexity index is 506. The molecule has 0 saturated heterocycles. The first-order valence-corrected chi connectivity index (χ1v) is 6.77. The van der Waals surface area contributed by atoms with Crippen LogP contribution in [0.4, 0.5) is 15.8 Å². The Kier molecular flexibility index (Phi) is 6.58. The van der Waals surface area contributed by atoms with E-state index in [0.717, 1.165) is 18.2 Å². The standard InChI is InChI=1S/C14H19FN2O4/c1-10(2)21-14(18)5-3-4-8-16-12-9-11(15)6-7-13(12)17(19)20/h6-7,9-10,16H,3-5,8H2,1-2H3. The molecule has 116 valence electrons. The third-order valence-electron chi connectivity index (χ3n) is 2.65. The van der Waals surface area contributed by atoms with Crippen LogP contribution in [0.1, 0.15) is 33.1 Å². The van der Waals surface area contributed by atoms with Crippen molar-refractivity contribution in [3.05, 3.63) is 34.1 Å². The van der Waals surface area contributed by atoms with Crippen LogP contribution < -0.4 is 5.32 Å². The van der Waals surface area contributed by atoms with Crippen LogP contribution >= 0.6 is 0 Å². The highest BCUT2D eigenvalue weighted by atomic mass is 19.1. The number of anilines is 1. The van der Waals surface area contributed by atoms with Crippen molar-refractivity contribution in [2.45, 2.75) is 39.2 Å². The molecule has 21 heavy (non-hydrogen) atoms. The summed E-state index contributed by atoms with van der Waals surface area (Å²) in [4.78, 5) is 21.5. The van der Waals surface area contributed by atoms with Gasteiger partial charge in [-0.05, 0) is 32.8 Å². The summed E-state index contributed by atoms with van der Waals surface area (Å²) in [7, 11) is 0. The topological polar surface area (TPSA) is 81.5 Å². The monoisotopic (exact) mass is 298 g/mol. The average molecular weight is 298 g/mol. The van der Waals surface area contributed by atoms with Gasteiger partial charge in [-0.3, -0.25) is 14.9 Å². The van der Waals surface area contributed by atoms with Gasteiger partial charge in [0.1, 0.15) is 11.5 Å². The molecule has 0 spiro atoms. The van der Waals surface area contributed by atoms with E-state index in [1.54, 1.807) is 13.8 Å². The van der Waals surface area contributed by atoms with Gasteiger partial charge in [-0.15, -0.1) is 0 Å². The Morgan fingerprint density at radius 1 is 1.43 bits per heavy atom. The van der Waals surface area contributed by atoms with Gasteiger partial charge in [-0.25, -0.2) is 4.39 Å². The number of unbranched alkanes of at least 4 members (excludes halogenated alkanes) is 1. The van der Waals surface area contributed by atoms with E-state index in [4.69, 9.17) is 4.74 Å². The fourth-order valence-corrected chi connectivity index (χ4v) is 1.75. The Morgan fingerprint density at radius 2 is 2.14 bits per heavy atom. The first kappa shape index (κ1) is 16.9. The number of esters is 1. The molecule has 7 heteroatoms. The van der Waals surface area contributed by atoms with Crippen molar-refractivity contribution < 1.29 is 18.8 Å². The maximum Gasteiger partial charge on any atom is 0.306 e. The Labute approximate surface area is 122 Å². The minimum Gasteiger partial charge on any atom is -0.463 e. The summed E-state index contributed by atoms with van der Waals surface area (Å²) in [5.41, 5.74) is -0.0274. The maximum atomic E-state index is 13.1. The molecule has 0 unspecified atom stereocenters. The van der Waals surface area contributed by atoms with Crippen LogP contribution in [0.2, 0.25) is 0 Å². The fraction of sp³-hybridized carbons (Fsp3) is 0.500. The summed E-state index contributed by atoms with van der Waals surface area (Å²) >= 11 is 0. The number of rotatable bonds is 8. The van der Waals surface area contributed by atoms with Crippen molar-refractivity contribution in [2.75, 3.05) is 11.9 Å². The molecule has 1 aromatic carbocycles. The smallest absolute Gasteiger partial charge is 0.306 e. The highest BCUT2D eigenvalue weighted by molar-refractivity contribution is 5.69. The molecule has 0 amide bonds. The zero-order chi connectivity index (χ0) is 15.8. The SMILES string of the molecule is CC(C)OC(=O)CCCCNc1cc(F)ccc1[N+](=O)[O-]. The fourth-order valence-electron chi connectivity index (χ4n) is 1.75. The summed E-state index contributed by atoms with van der Waals surface area (Å²) in [6.45, 7) is 3.98. The second-order valence-electron chi connectivity index (χ2n) is 4.84. The number of carbonyl (C=O) groups is 1. The average Bonchev–Trinajstić information content (AvgIpc) is 2.37. The number of nitro groups is 1. The van der Waals surface area contributed by atoms with Crippen molar-refractivity contribution in [1.29, 1.82) is 0 Å². The Hall–Kier alpha value is -2.18. The van der Waals surface area contributed by atoms with E-state index >= 15 is 0 Å². The van der Waals surface area contributed by atoms with Gasteiger partial charge in [0.15, 0.2) is 0 Å². The van der Waals surface area contributed by atoms with Gasteiger partial charge >= 0.3 is 5.97 Å². The predicted octanol–water partition coefficient (Wildman–Crippen LogP) is 3.27. The van der Waals surface area contributed by atoms with E-state index in [1.165, 1.54) is 0 Å². The second kappa shape index (κ2) is 8.18. The number of benzene rings is 1. The third kappa shape index (κ3) is 6.20. The first-order valence-electron chi connectivity index (χ1n) is 6.77. The summed E-state index contributed by atoms with van der Waals surface area (Å²) in [5.74, 6) is -0.801. The molecule has 0 aliphatic heterocycles. The van der Waals surface area contributed by atoms with E-state index < -0.39 is 10.7 Å². The van der Waals surface area contributed by atoms with Gasteiger partial charge in [0.2, 0.25) is 0 Å². The number of nitro benzene ring substituents is 1. The maximum absolute atomic E-state index is 13.1. The van der Waals surface area contributed by atoms with E-state index in [-0.39, 0.29) is 23.4 Å². The van der Waals surface area contributed by atoms with Gasteiger partial charge in [-0.1, -0.05) is 0 Å². The lowest BCUT2D eigenvalue weighted by Gasteiger charge is -2.09. The van der Waals surface area contributed by atoms with Crippen LogP contribution in [-0.2, 0) is 9.53 Å². The largest absolute Gasteiger partial charge is 0.463 e. The molecule has 0 atom stereocenters. The summed E-state index contributed by atoms with van der Waals surface area (Å²) in [6.07, 6.45) is 1.39. The van der Waals surface area contributed by atoms with Crippen LogP contribution in [0.3, 0.4) is 0 Å². The second-order valence-corrected chi connectivity index (χ2v) is 4.84. The highest BCUT2D eigenvalue weighted by Gasteiger charge is 2.13. The zero-order valence-electron chi connectivity index (χ0n) is 12.1. The molecule has 0 bridgehead atoms. The summed E-state index contributed by atoms with van der Waals surface area (Å²) in [6, 6.07) is 3.26. The van der Waals surface area contributed by atoms with Crippen molar-refractivity contribution in [3.8, 4) is 0 Å². The molecule has 0 radical (unpaired) electrons. The normalized spacial score (nSPS) is 10.5. The quantitative estimate of drug-likeness (QED) is 0.345. The highest BCUT2D eigenvalue weighted by Crippen LogP contribution is 2.24. The van der Waals surface area contributed by atoms with Crippen molar-refractivity contribution >= 4 is 17.3 Å². The number of ether oxygens (including phenoxy) is 1. The van der Waals surface area contributed by atoms with Gasteiger partial charge in [0, 0.05) is 25.1 Å². The molecule has 0 fully saturated rings. The number of nitrogens with one attached hydrogen (secondary N) is 1. The van der Waals surface area contributed by atoms with E-state index in [0.29, 0.717) is 25.8 Å². The lowest BCUT2D eigenvalue weighted by molar-refractivity contribution is -0.384. The lowest BCUT2D eigenvalue weighted by Crippen LogP contribution is -2.11. The van der Waals surface area contributed by atoms with Crippen molar-refractivity contribution in [3.63, 3.8) is 0 Å². The molecule has 1 N–H and O–H groups in total. The van der Waals surface area contributed by atoms with Gasteiger partial charge in [0.25, 0.3) is 5.69 Å². The van der Waals surface area contributed by atoms with Crippen LogP contribution in [0, 0.1) is 15.9 Å². The number of hydrogen-bond acceptors (Lipinski definition) is 5. The molecule has 0 aliphatic carbocycles. The molecule has 6 nitrogen and oxygen atoms in total. The summed E-state index contributed by atoms with van der Waals surface area (Å²) in [5, 5.41) is 13.6. The van der Waals surface area contributed by atoms with Crippen molar-refractivity contribution in [1.82, 2.24) is 0 Å². The number of nitrogens with zero attached hydrogens (tertiary/aromatic N) is 1. The number of halogens is 1. The van der Waals surface area contributed by atoms with E-state index in [1.807, 2.05) is 0 Å². The zero-order valence-corrected chi connectivity index (χ0v) is 12.1. The van der Waals surface area contributed by atoms with Gasteiger partial charge in [-0.2, -0.15) is 0 Å². The lowest BCUT2D eigenvalue weighted by atomic mass is 10.2. The van der Waals surface area contributed by atoms with E-state index in [2.05, 4.69) is 5.32 Å². The number of carbonyl (C=O) groups excluding carboxylic acids is 1. The summed E-state index contributed by atoms with van der Waals surface area (Å²) < 4.78 is 18.1. The van der Waals surface area contributed by atoms with E-state index in [9.17, 15) is 19.3 Å². The number of hydrogen-bond donors (Lipinski definition) is 1. The Morgan fingerprint density at radius 3 is 2.76 bits per heavy atom. The molecule has 0 saturated carbocycles. The molecule has 0 heterocycles. The van der Waals surface area contributed by atoms with Crippen LogP contribution in [0.25, 0.3) is 0 Å². The molecular weight excluding hydrogens is 279 g/mol. The molecule has 0 aliphatic rings.